The summed E-state index contributed by atoms with van der Waals surface area (Å²) in [6.45, 7) is 1.85. The van der Waals surface area contributed by atoms with E-state index in [0.717, 1.165) is 10.2 Å². The van der Waals surface area contributed by atoms with Gasteiger partial charge in [-0.25, -0.2) is 4.68 Å². The van der Waals surface area contributed by atoms with Crippen LogP contribution in [-0.2, 0) is 7.05 Å². The predicted molar refractivity (Wildman–Crippen MR) is 78.0 cm³/mol. The number of ether oxygens (including phenoxy) is 1. The van der Waals surface area contributed by atoms with Gasteiger partial charge in [-0.1, -0.05) is 24.4 Å². The van der Waals surface area contributed by atoms with Gasteiger partial charge in [-0.3, -0.25) is 0 Å². The van der Waals surface area contributed by atoms with Crippen molar-refractivity contribution in [3.63, 3.8) is 0 Å². The highest BCUT2D eigenvalue weighted by molar-refractivity contribution is 9.10. The second kappa shape index (κ2) is 5.07. The van der Waals surface area contributed by atoms with Gasteiger partial charge < -0.3 is 10.5 Å². The van der Waals surface area contributed by atoms with Crippen LogP contribution in [0.25, 0.3) is 0 Å². The molecule has 2 aromatic rings. The van der Waals surface area contributed by atoms with Crippen LogP contribution in [-0.4, -0.2) is 14.8 Å². The van der Waals surface area contributed by atoms with Crippen LogP contribution < -0.4 is 10.5 Å². The summed E-state index contributed by atoms with van der Waals surface area (Å²) in [6.07, 6.45) is 0. The van der Waals surface area contributed by atoms with Crippen LogP contribution in [0.15, 0.2) is 28.7 Å². The molecule has 1 aromatic heterocycles. The van der Waals surface area contributed by atoms with Gasteiger partial charge in [0.2, 0.25) is 5.88 Å². The molecule has 0 atom stereocenters. The zero-order chi connectivity index (χ0) is 13.3. The van der Waals surface area contributed by atoms with Crippen molar-refractivity contribution in [2.75, 3.05) is 0 Å². The fraction of sp³-hybridized carbons (Fsp3) is 0.167. The smallest absolute Gasteiger partial charge is 0.228 e. The highest BCUT2D eigenvalue weighted by Gasteiger charge is 2.18. The molecule has 0 aliphatic heterocycles. The summed E-state index contributed by atoms with van der Waals surface area (Å²) in [5.41, 5.74) is 7.13. The van der Waals surface area contributed by atoms with E-state index in [4.69, 9.17) is 22.7 Å². The first kappa shape index (κ1) is 13.0. The SMILES string of the molecule is Cc1nn(C)c(Oc2ccccc2Br)c1C(N)=S. The molecule has 18 heavy (non-hydrogen) atoms. The molecule has 0 spiro atoms. The average molecular weight is 326 g/mol. The lowest BCUT2D eigenvalue weighted by atomic mass is 10.2. The zero-order valence-electron chi connectivity index (χ0n) is 9.98. The second-order valence-electron chi connectivity index (χ2n) is 3.79. The number of para-hydroxylation sites is 1. The Morgan fingerprint density at radius 2 is 2.11 bits per heavy atom. The molecule has 0 fully saturated rings. The van der Waals surface area contributed by atoms with Crippen molar-refractivity contribution in [2.24, 2.45) is 12.8 Å². The van der Waals surface area contributed by atoms with Crippen molar-refractivity contribution in [1.29, 1.82) is 0 Å². The van der Waals surface area contributed by atoms with Gasteiger partial charge in [-0.15, -0.1) is 0 Å². The molecule has 1 aromatic carbocycles. The Hall–Kier alpha value is -1.40. The summed E-state index contributed by atoms with van der Waals surface area (Å²) >= 11 is 8.46. The first-order valence-electron chi connectivity index (χ1n) is 5.26. The van der Waals surface area contributed by atoms with E-state index in [1.807, 2.05) is 31.2 Å². The van der Waals surface area contributed by atoms with Gasteiger partial charge in [0.05, 0.1) is 15.7 Å². The quantitative estimate of drug-likeness (QED) is 0.881. The number of benzene rings is 1. The normalized spacial score (nSPS) is 10.4. The Morgan fingerprint density at radius 1 is 1.44 bits per heavy atom. The Labute approximate surface area is 119 Å². The van der Waals surface area contributed by atoms with E-state index in [1.54, 1.807) is 11.7 Å². The van der Waals surface area contributed by atoms with Crippen molar-refractivity contribution < 1.29 is 4.74 Å². The van der Waals surface area contributed by atoms with E-state index in [-0.39, 0.29) is 4.99 Å². The molecule has 0 saturated carbocycles. The predicted octanol–water partition coefficient (Wildman–Crippen LogP) is 2.92. The summed E-state index contributed by atoms with van der Waals surface area (Å²) in [6, 6.07) is 7.57. The summed E-state index contributed by atoms with van der Waals surface area (Å²) < 4.78 is 8.33. The number of nitrogens with two attached hydrogens (primary N) is 1. The highest BCUT2D eigenvalue weighted by atomic mass is 79.9. The number of hydrogen-bond acceptors (Lipinski definition) is 3. The van der Waals surface area contributed by atoms with Crippen LogP contribution in [0.5, 0.6) is 11.6 Å². The number of thiocarbonyl (C=S) groups is 1. The fourth-order valence-corrected chi connectivity index (χ4v) is 2.27. The van der Waals surface area contributed by atoms with E-state index in [9.17, 15) is 0 Å². The lowest BCUT2D eigenvalue weighted by molar-refractivity contribution is 0.427. The maximum atomic E-state index is 5.84. The summed E-state index contributed by atoms with van der Waals surface area (Å²) in [5.74, 6) is 1.24. The van der Waals surface area contributed by atoms with Crippen LogP contribution in [0, 0.1) is 6.92 Å². The molecule has 0 saturated heterocycles. The number of aryl methyl sites for hydroxylation is 2. The molecule has 2 rings (SSSR count). The molecular weight excluding hydrogens is 314 g/mol. The Bertz CT molecular complexity index is 609. The highest BCUT2D eigenvalue weighted by Crippen LogP contribution is 2.31. The maximum Gasteiger partial charge on any atom is 0.228 e. The minimum atomic E-state index is 0.280. The minimum Gasteiger partial charge on any atom is -0.437 e. The molecule has 94 valence electrons. The first-order valence-corrected chi connectivity index (χ1v) is 6.46. The molecule has 0 aliphatic rings. The van der Waals surface area contributed by atoms with E-state index < -0.39 is 0 Å². The van der Waals surface area contributed by atoms with Gasteiger partial charge in [0.1, 0.15) is 10.7 Å². The summed E-state index contributed by atoms with van der Waals surface area (Å²) in [5, 5.41) is 4.27. The standard InChI is InChI=1S/C12H12BrN3OS/c1-7-10(11(14)18)12(16(2)15-7)17-9-6-4-3-5-8(9)13/h3-6H,1-2H3,(H2,14,18). The molecule has 0 bridgehead atoms. The maximum absolute atomic E-state index is 5.84. The molecular formula is C12H12BrN3OS. The van der Waals surface area contributed by atoms with Crippen molar-refractivity contribution in [1.82, 2.24) is 9.78 Å². The molecule has 4 nitrogen and oxygen atoms in total. The number of rotatable bonds is 3. The Kier molecular flexibility index (Phi) is 3.68. The molecule has 6 heteroatoms. The van der Waals surface area contributed by atoms with Gasteiger partial charge in [-0.2, -0.15) is 5.10 Å². The van der Waals surface area contributed by atoms with Crippen molar-refractivity contribution in [2.45, 2.75) is 6.92 Å². The van der Waals surface area contributed by atoms with Crippen molar-refractivity contribution in [3.05, 3.63) is 40.0 Å². The molecule has 1 heterocycles. The molecule has 2 N–H and O–H groups in total. The van der Waals surface area contributed by atoms with Crippen LogP contribution in [0.3, 0.4) is 0 Å². The largest absolute Gasteiger partial charge is 0.437 e. The van der Waals surface area contributed by atoms with E-state index in [2.05, 4.69) is 21.0 Å². The summed E-state index contributed by atoms with van der Waals surface area (Å²) in [4.78, 5) is 0.280. The topological polar surface area (TPSA) is 53.1 Å². The third-order valence-electron chi connectivity index (χ3n) is 2.46. The number of halogens is 1. The van der Waals surface area contributed by atoms with Gasteiger partial charge in [-0.05, 0) is 35.0 Å². The van der Waals surface area contributed by atoms with Crippen LogP contribution in [0.2, 0.25) is 0 Å². The van der Waals surface area contributed by atoms with Crippen molar-refractivity contribution in [3.8, 4) is 11.6 Å². The third-order valence-corrected chi connectivity index (χ3v) is 3.32. The minimum absolute atomic E-state index is 0.280. The average Bonchev–Trinajstić information content (AvgIpc) is 2.57. The number of hydrogen-bond donors (Lipinski definition) is 1. The van der Waals surface area contributed by atoms with Crippen molar-refractivity contribution >= 4 is 33.1 Å². The second-order valence-corrected chi connectivity index (χ2v) is 5.08. The van der Waals surface area contributed by atoms with E-state index >= 15 is 0 Å². The van der Waals surface area contributed by atoms with E-state index in [0.29, 0.717) is 17.2 Å². The van der Waals surface area contributed by atoms with Gasteiger partial charge in [0.25, 0.3) is 0 Å². The lowest BCUT2D eigenvalue weighted by Gasteiger charge is -2.09. The molecule has 0 radical (unpaired) electrons. The zero-order valence-corrected chi connectivity index (χ0v) is 12.4. The Morgan fingerprint density at radius 3 is 2.72 bits per heavy atom. The van der Waals surface area contributed by atoms with E-state index in [1.165, 1.54) is 0 Å². The molecule has 0 amide bonds. The van der Waals surface area contributed by atoms with Gasteiger partial charge >= 0.3 is 0 Å². The first-order chi connectivity index (χ1) is 8.50. The van der Waals surface area contributed by atoms with Gasteiger partial charge in [0.15, 0.2) is 0 Å². The van der Waals surface area contributed by atoms with Crippen LogP contribution in [0.4, 0.5) is 0 Å². The Balaban J connectivity index is 2.47. The number of aromatic nitrogens is 2. The monoisotopic (exact) mass is 325 g/mol. The van der Waals surface area contributed by atoms with Crippen LogP contribution >= 0.6 is 28.1 Å². The molecule has 0 aliphatic carbocycles. The number of nitrogens with zero attached hydrogens (tertiary/aromatic N) is 2. The fourth-order valence-electron chi connectivity index (χ4n) is 1.67. The van der Waals surface area contributed by atoms with Gasteiger partial charge in [0, 0.05) is 7.05 Å². The lowest BCUT2D eigenvalue weighted by Crippen LogP contribution is -2.11. The summed E-state index contributed by atoms with van der Waals surface area (Å²) in [7, 11) is 1.79. The molecule has 0 unspecified atom stereocenters. The van der Waals surface area contributed by atoms with Crippen LogP contribution in [0.1, 0.15) is 11.3 Å². The third kappa shape index (κ3) is 2.39.